The molecule has 0 aliphatic heterocycles. The molecule has 3 atom stereocenters. The maximum atomic E-state index is 6.46. The van der Waals surface area contributed by atoms with E-state index in [2.05, 4.69) is 36.5 Å². The summed E-state index contributed by atoms with van der Waals surface area (Å²) in [7, 11) is 0. The fraction of sp³-hybridized carbons (Fsp3) is 0.714. The van der Waals surface area contributed by atoms with Crippen molar-refractivity contribution in [2.45, 2.75) is 95.4 Å². The van der Waals surface area contributed by atoms with Crippen molar-refractivity contribution in [2.24, 2.45) is 0 Å². The Morgan fingerprint density at radius 1 is 0.520 bits per heavy atom. The Labute approximate surface area is 163 Å². The van der Waals surface area contributed by atoms with Crippen molar-refractivity contribution in [3.63, 3.8) is 0 Å². The van der Waals surface area contributed by atoms with Crippen LogP contribution in [-0.2, 0) is 8.44 Å². The van der Waals surface area contributed by atoms with Crippen molar-refractivity contribution in [2.75, 3.05) is 0 Å². The van der Waals surface area contributed by atoms with Gasteiger partial charge in [0.25, 0.3) is 0 Å². The van der Waals surface area contributed by atoms with E-state index in [1.54, 1.807) is 0 Å². The molecule has 0 aromatic heterocycles. The summed E-state index contributed by atoms with van der Waals surface area (Å²) in [6, 6.07) is 0. The van der Waals surface area contributed by atoms with Crippen LogP contribution >= 0.6 is 0 Å². The number of rotatable bonds is 6. The summed E-state index contributed by atoms with van der Waals surface area (Å²) in [5.41, 5.74) is 0. The van der Waals surface area contributed by atoms with E-state index in [1.165, 1.54) is 57.8 Å². The van der Waals surface area contributed by atoms with Crippen molar-refractivity contribution in [1.82, 2.24) is 0 Å². The van der Waals surface area contributed by atoms with Crippen molar-refractivity contribution < 1.29 is 8.44 Å². The molecule has 3 unspecified atom stereocenters. The number of hydrogen-bond donors (Lipinski definition) is 0. The zero-order valence-electron chi connectivity index (χ0n) is 15.4. The molecule has 3 aliphatic carbocycles. The molecule has 0 fully saturated rings. The van der Waals surface area contributed by atoms with E-state index >= 15 is 0 Å². The normalized spacial score (nSPS) is 30.8. The van der Waals surface area contributed by atoms with Gasteiger partial charge in [0, 0.05) is 0 Å². The van der Waals surface area contributed by atoms with Crippen LogP contribution in [0.15, 0.2) is 36.5 Å². The SMILES string of the molecule is C1=CC([O][Bi]([O]C2C=CCCCC2)[O]C2C=CCCCC2)CCCC1. The molecule has 25 heavy (non-hydrogen) atoms. The average molecular weight is 542 g/mol. The Bertz CT molecular complexity index is 393. The Morgan fingerprint density at radius 3 is 1.24 bits per heavy atom. The molecule has 0 saturated heterocycles. The second-order valence-corrected chi connectivity index (χ2v) is 11.5. The predicted octanol–water partition coefficient (Wildman–Crippen LogP) is 5.52. The zero-order chi connectivity index (χ0) is 17.2. The summed E-state index contributed by atoms with van der Waals surface area (Å²) in [5.74, 6) is 0. The van der Waals surface area contributed by atoms with Crippen molar-refractivity contribution in [3.05, 3.63) is 36.5 Å². The number of hydrogen-bond acceptors (Lipinski definition) is 3. The molecule has 0 heterocycles. The van der Waals surface area contributed by atoms with Gasteiger partial charge >= 0.3 is 163 Å². The van der Waals surface area contributed by atoms with Crippen LogP contribution in [0, 0.1) is 0 Å². The van der Waals surface area contributed by atoms with Gasteiger partial charge in [-0.3, -0.25) is 0 Å². The predicted molar refractivity (Wildman–Crippen MR) is 103 cm³/mol. The van der Waals surface area contributed by atoms with E-state index in [1.807, 2.05) is 0 Å². The Morgan fingerprint density at radius 2 is 0.880 bits per heavy atom. The van der Waals surface area contributed by atoms with Gasteiger partial charge in [0.2, 0.25) is 0 Å². The van der Waals surface area contributed by atoms with Crippen LogP contribution in [0.4, 0.5) is 0 Å². The molecule has 3 nitrogen and oxygen atoms in total. The Kier molecular flexibility index (Phi) is 9.19. The van der Waals surface area contributed by atoms with Crippen molar-refractivity contribution >= 4 is 23.1 Å². The fourth-order valence-electron chi connectivity index (χ4n) is 3.53. The molecule has 0 bridgehead atoms. The molecule has 0 N–H and O–H groups in total. The van der Waals surface area contributed by atoms with Gasteiger partial charge in [-0.15, -0.1) is 0 Å². The van der Waals surface area contributed by atoms with Crippen molar-refractivity contribution in [1.29, 1.82) is 0 Å². The summed E-state index contributed by atoms with van der Waals surface area (Å²) < 4.78 is 19.4. The molecule has 0 amide bonds. The minimum absolute atomic E-state index is 0.199. The van der Waals surface area contributed by atoms with E-state index in [9.17, 15) is 0 Å². The standard InChI is InChI=1S/3C7H11O.Bi/c3*8-7-5-3-1-2-4-6-7;/h3*3,5,7H,1-2,4,6H2;/q3*-1;+3. The molecule has 0 saturated carbocycles. The van der Waals surface area contributed by atoms with Crippen LogP contribution < -0.4 is 0 Å². The van der Waals surface area contributed by atoms with Crippen LogP contribution in [0.3, 0.4) is 0 Å². The summed E-state index contributed by atoms with van der Waals surface area (Å²) >= 11 is -2.91. The monoisotopic (exact) mass is 542 g/mol. The summed E-state index contributed by atoms with van der Waals surface area (Å²) in [6.45, 7) is 0. The minimum atomic E-state index is -2.91. The quantitative estimate of drug-likeness (QED) is 0.327. The topological polar surface area (TPSA) is 27.7 Å². The van der Waals surface area contributed by atoms with Crippen LogP contribution in [0.2, 0.25) is 0 Å². The fourth-order valence-corrected chi connectivity index (χ4v) is 8.73. The number of allylic oxidation sites excluding steroid dienone is 3. The van der Waals surface area contributed by atoms with Crippen molar-refractivity contribution in [3.8, 4) is 0 Å². The second-order valence-electron chi connectivity index (χ2n) is 7.29. The van der Waals surface area contributed by atoms with Gasteiger partial charge in [-0.05, 0) is 0 Å². The van der Waals surface area contributed by atoms with Gasteiger partial charge in [-0.1, -0.05) is 0 Å². The Hall–Kier alpha value is -0.0169. The van der Waals surface area contributed by atoms with Gasteiger partial charge in [-0.25, -0.2) is 0 Å². The van der Waals surface area contributed by atoms with Gasteiger partial charge in [-0.2, -0.15) is 0 Å². The first-order chi connectivity index (χ1) is 12.4. The van der Waals surface area contributed by atoms with Gasteiger partial charge < -0.3 is 0 Å². The third-order valence-electron chi connectivity index (χ3n) is 5.04. The molecule has 0 radical (unpaired) electrons. The third kappa shape index (κ3) is 7.63. The Balaban J connectivity index is 1.61. The van der Waals surface area contributed by atoms with Crippen LogP contribution in [0.1, 0.15) is 77.0 Å². The summed E-state index contributed by atoms with van der Waals surface area (Å²) in [4.78, 5) is 0. The molecule has 140 valence electrons. The van der Waals surface area contributed by atoms with E-state index < -0.39 is 23.1 Å². The molecule has 0 spiro atoms. The van der Waals surface area contributed by atoms with E-state index in [-0.39, 0.29) is 18.3 Å². The van der Waals surface area contributed by atoms with E-state index in [0.717, 1.165) is 19.3 Å². The van der Waals surface area contributed by atoms with Gasteiger partial charge in [0.1, 0.15) is 0 Å². The average Bonchev–Trinajstić information content (AvgIpc) is 3.11. The van der Waals surface area contributed by atoms with Crippen LogP contribution in [0.5, 0.6) is 0 Å². The van der Waals surface area contributed by atoms with E-state index in [4.69, 9.17) is 8.44 Å². The zero-order valence-corrected chi connectivity index (χ0v) is 18.8. The van der Waals surface area contributed by atoms with Gasteiger partial charge in [0.05, 0.1) is 0 Å². The van der Waals surface area contributed by atoms with Crippen LogP contribution in [-0.4, -0.2) is 41.4 Å². The third-order valence-corrected chi connectivity index (χ3v) is 10.2. The molecular weight excluding hydrogens is 509 g/mol. The summed E-state index contributed by atoms with van der Waals surface area (Å²) in [6.07, 6.45) is 28.5. The van der Waals surface area contributed by atoms with Crippen LogP contribution in [0.25, 0.3) is 0 Å². The van der Waals surface area contributed by atoms with Gasteiger partial charge in [0.15, 0.2) is 0 Å². The first-order valence-electron chi connectivity index (χ1n) is 10.2. The second kappa shape index (κ2) is 11.6. The molecule has 4 heteroatoms. The first kappa shape index (κ1) is 19.7. The molecule has 0 aromatic carbocycles. The molecule has 3 aliphatic rings. The van der Waals surface area contributed by atoms with E-state index in [0.29, 0.717) is 0 Å². The first-order valence-corrected chi connectivity index (χ1v) is 14.5. The summed E-state index contributed by atoms with van der Waals surface area (Å²) in [5, 5.41) is 0. The maximum absolute atomic E-state index is 6.46. The molecular formula is C21H33BiO3. The molecule has 3 rings (SSSR count). The molecule has 0 aromatic rings.